The minimum absolute atomic E-state index is 0.0571. The van der Waals surface area contributed by atoms with E-state index < -0.39 is 5.97 Å². The van der Waals surface area contributed by atoms with Crippen molar-refractivity contribution < 1.29 is 19.4 Å². The highest BCUT2D eigenvalue weighted by atomic mass is 16.6. The molecule has 20 heavy (non-hydrogen) atoms. The third-order valence-corrected chi connectivity index (χ3v) is 3.08. The van der Waals surface area contributed by atoms with Crippen LogP contribution in [0.3, 0.4) is 0 Å². The zero-order valence-electron chi connectivity index (χ0n) is 10.8. The first-order valence-corrected chi connectivity index (χ1v) is 6.38. The average molecular weight is 274 g/mol. The number of aliphatic carboxylic acids is 1. The number of hydrogen-bond acceptors (Lipinski definition) is 4. The lowest BCUT2D eigenvalue weighted by atomic mass is 10.2. The molecule has 3 rings (SSSR count). The molecule has 6 heteroatoms. The van der Waals surface area contributed by atoms with E-state index in [1.807, 2.05) is 29.0 Å². The van der Waals surface area contributed by atoms with Gasteiger partial charge in [0.25, 0.3) is 0 Å². The predicted octanol–water partition coefficient (Wildman–Crippen LogP) is 1.66. The molecular weight excluding hydrogens is 260 g/mol. The summed E-state index contributed by atoms with van der Waals surface area (Å²) in [4.78, 5) is 14.9. The maximum atomic E-state index is 10.7. The van der Waals surface area contributed by atoms with Crippen LogP contribution in [0.25, 0.3) is 5.69 Å². The predicted molar refractivity (Wildman–Crippen MR) is 70.5 cm³/mol. The molecule has 0 unspecified atom stereocenters. The molecule has 0 fully saturated rings. The number of aryl methyl sites for hydroxylation is 1. The summed E-state index contributed by atoms with van der Waals surface area (Å²) in [5.41, 5.74) is 0.882. The van der Waals surface area contributed by atoms with Crippen LogP contribution >= 0.6 is 0 Å². The monoisotopic (exact) mass is 274 g/mol. The van der Waals surface area contributed by atoms with Crippen molar-refractivity contribution in [2.75, 3.05) is 13.2 Å². The average Bonchev–Trinajstić information content (AvgIpc) is 2.93. The van der Waals surface area contributed by atoms with Gasteiger partial charge in [-0.3, -0.25) is 4.79 Å². The SMILES string of the molecule is O=C(O)CCc1nccn1-c1ccc2c(c1)OCCO2. The number of rotatable bonds is 4. The van der Waals surface area contributed by atoms with E-state index in [4.69, 9.17) is 14.6 Å². The van der Waals surface area contributed by atoms with Crippen LogP contribution in [-0.2, 0) is 11.2 Å². The molecule has 2 heterocycles. The van der Waals surface area contributed by atoms with Gasteiger partial charge in [-0.2, -0.15) is 0 Å². The molecule has 2 aromatic rings. The van der Waals surface area contributed by atoms with Crippen molar-refractivity contribution in [1.29, 1.82) is 0 Å². The molecule has 1 N–H and O–H groups in total. The van der Waals surface area contributed by atoms with Crippen molar-refractivity contribution in [2.45, 2.75) is 12.8 Å². The Labute approximate surface area is 115 Å². The molecule has 1 aliphatic rings. The highest BCUT2D eigenvalue weighted by molar-refractivity contribution is 5.66. The number of ether oxygens (including phenoxy) is 2. The quantitative estimate of drug-likeness (QED) is 0.917. The minimum Gasteiger partial charge on any atom is -0.486 e. The van der Waals surface area contributed by atoms with Crippen LogP contribution in [0.1, 0.15) is 12.2 Å². The Balaban J connectivity index is 1.89. The van der Waals surface area contributed by atoms with Crippen molar-refractivity contribution in [2.24, 2.45) is 0 Å². The lowest BCUT2D eigenvalue weighted by Gasteiger charge is -2.19. The second-order valence-corrected chi connectivity index (χ2v) is 4.44. The van der Waals surface area contributed by atoms with Gasteiger partial charge in [0.15, 0.2) is 11.5 Å². The Morgan fingerprint density at radius 1 is 1.30 bits per heavy atom. The number of carbonyl (C=O) groups is 1. The van der Waals surface area contributed by atoms with Crippen LogP contribution in [0, 0.1) is 0 Å². The third kappa shape index (κ3) is 2.45. The van der Waals surface area contributed by atoms with Gasteiger partial charge in [-0.25, -0.2) is 4.98 Å². The molecule has 0 aliphatic carbocycles. The molecule has 0 amide bonds. The van der Waals surface area contributed by atoms with Gasteiger partial charge in [0, 0.05) is 24.9 Å². The van der Waals surface area contributed by atoms with Crippen LogP contribution in [0.5, 0.6) is 11.5 Å². The lowest BCUT2D eigenvalue weighted by molar-refractivity contribution is -0.137. The first kappa shape index (κ1) is 12.5. The van der Waals surface area contributed by atoms with Gasteiger partial charge < -0.3 is 19.1 Å². The smallest absolute Gasteiger partial charge is 0.303 e. The van der Waals surface area contributed by atoms with Crippen molar-refractivity contribution in [3.05, 3.63) is 36.4 Å². The third-order valence-electron chi connectivity index (χ3n) is 3.08. The van der Waals surface area contributed by atoms with Gasteiger partial charge in [0.05, 0.1) is 12.1 Å². The van der Waals surface area contributed by atoms with Crippen LogP contribution in [-0.4, -0.2) is 33.8 Å². The Hall–Kier alpha value is -2.50. The molecular formula is C14H14N2O4. The zero-order valence-corrected chi connectivity index (χ0v) is 10.8. The van der Waals surface area contributed by atoms with Crippen LogP contribution in [0.4, 0.5) is 0 Å². The van der Waals surface area contributed by atoms with Gasteiger partial charge in [0.1, 0.15) is 19.0 Å². The summed E-state index contributed by atoms with van der Waals surface area (Å²) < 4.78 is 12.9. The molecule has 0 saturated carbocycles. The summed E-state index contributed by atoms with van der Waals surface area (Å²) in [7, 11) is 0. The van der Waals surface area contributed by atoms with Gasteiger partial charge in [-0.15, -0.1) is 0 Å². The van der Waals surface area contributed by atoms with E-state index >= 15 is 0 Å². The number of benzene rings is 1. The molecule has 6 nitrogen and oxygen atoms in total. The second kappa shape index (κ2) is 5.24. The summed E-state index contributed by atoms with van der Waals surface area (Å²) in [5, 5.41) is 8.76. The topological polar surface area (TPSA) is 73.6 Å². The van der Waals surface area contributed by atoms with E-state index in [1.54, 1.807) is 6.20 Å². The summed E-state index contributed by atoms with van der Waals surface area (Å²) in [5.74, 6) is 1.31. The second-order valence-electron chi connectivity index (χ2n) is 4.44. The molecule has 1 aromatic carbocycles. The highest BCUT2D eigenvalue weighted by Crippen LogP contribution is 2.32. The number of carboxylic acids is 1. The van der Waals surface area contributed by atoms with Crippen molar-refractivity contribution in [3.63, 3.8) is 0 Å². The maximum absolute atomic E-state index is 10.7. The molecule has 104 valence electrons. The van der Waals surface area contributed by atoms with E-state index in [9.17, 15) is 4.79 Å². The molecule has 1 aliphatic heterocycles. The number of fused-ring (bicyclic) bond motifs is 1. The highest BCUT2D eigenvalue weighted by Gasteiger charge is 2.14. The first-order chi connectivity index (χ1) is 9.74. The molecule has 0 spiro atoms. The van der Waals surface area contributed by atoms with E-state index in [0.717, 1.165) is 11.4 Å². The molecule has 0 atom stereocenters. The van der Waals surface area contributed by atoms with Crippen molar-refractivity contribution >= 4 is 5.97 Å². The number of hydrogen-bond donors (Lipinski definition) is 1. The van der Waals surface area contributed by atoms with Gasteiger partial charge >= 0.3 is 5.97 Å². The van der Waals surface area contributed by atoms with Crippen LogP contribution < -0.4 is 9.47 Å². The molecule has 0 bridgehead atoms. The Bertz CT molecular complexity index is 636. The normalized spacial score (nSPS) is 13.2. The van der Waals surface area contributed by atoms with E-state index in [2.05, 4.69) is 4.98 Å². The molecule has 0 radical (unpaired) electrons. The number of carboxylic acid groups (broad SMARTS) is 1. The van der Waals surface area contributed by atoms with E-state index in [-0.39, 0.29) is 6.42 Å². The van der Waals surface area contributed by atoms with Crippen LogP contribution in [0.2, 0.25) is 0 Å². The van der Waals surface area contributed by atoms with Gasteiger partial charge in [-0.05, 0) is 12.1 Å². The zero-order chi connectivity index (χ0) is 13.9. The minimum atomic E-state index is -0.832. The van der Waals surface area contributed by atoms with E-state index in [0.29, 0.717) is 31.2 Å². The lowest BCUT2D eigenvalue weighted by Crippen LogP contribution is -2.15. The standard InChI is InChI=1S/C14H14N2O4/c17-14(18)4-3-13-15-5-6-16(13)10-1-2-11-12(9-10)20-8-7-19-11/h1-2,5-6,9H,3-4,7-8H2,(H,17,18). The Morgan fingerprint density at radius 2 is 2.10 bits per heavy atom. The number of imidazole rings is 1. The Kier molecular flexibility index (Phi) is 3.28. The summed E-state index contributed by atoms with van der Waals surface area (Å²) in [6, 6.07) is 5.63. The Morgan fingerprint density at radius 3 is 2.90 bits per heavy atom. The summed E-state index contributed by atoms with van der Waals surface area (Å²) in [6.07, 6.45) is 3.91. The molecule has 0 saturated heterocycles. The van der Waals surface area contributed by atoms with Gasteiger partial charge in [0.2, 0.25) is 0 Å². The van der Waals surface area contributed by atoms with Crippen molar-refractivity contribution in [1.82, 2.24) is 9.55 Å². The van der Waals surface area contributed by atoms with Crippen LogP contribution in [0.15, 0.2) is 30.6 Å². The number of nitrogens with zero attached hydrogens (tertiary/aromatic N) is 2. The maximum Gasteiger partial charge on any atom is 0.303 e. The largest absolute Gasteiger partial charge is 0.486 e. The fourth-order valence-corrected chi connectivity index (χ4v) is 2.15. The fourth-order valence-electron chi connectivity index (χ4n) is 2.15. The number of aromatic nitrogens is 2. The fraction of sp³-hybridized carbons (Fsp3) is 0.286. The van der Waals surface area contributed by atoms with Gasteiger partial charge in [-0.1, -0.05) is 0 Å². The van der Waals surface area contributed by atoms with E-state index in [1.165, 1.54) is 0 Å². The van der Waals surface area contributed by atoms with Crippen molar-refractivity contribution in [3.8, 4) is 17.2 Å². The summed E-state index contributed by atoms with van der Waals surface area (Å²) in [6.45, 7) is 1.09. The first-order valence-electron chi connectivity index (χ1n) is 6.38. The summed E-state index contributed by atoms with van der Waals surface area (Å²) >= 11 is 0. The molecule has 1 aromatic heterocycles.